The number of carbonyl (C=O) groups is 2. The molecule has 0 saturated heterocycles. The van der Waals surface area contributed by atoms with Gasteiger partial charge in [-0.2, -0.15) is 11.8 Å². The molecule has 1 fully saturated rings. The minimum Gasteiger partial charge on any atom is -0.462 e. The molecule has 1 saturated carbocycles. The van der Waals surface area contributed by atoms with E-state index in [-0.39, 0.29) is 11.9 Å². The molecule has 0 spiro atoms. The van der Waals surface area contributed by atoms with Gasteiger partial charge in [-0.15, -0.1) is 23.5 Å². The highest BCUT2D eigenvalue weighted by Crippen LogP contribution is 2.41. The first kappa shape index (κ1) is 22.5. The van der Waals surface area contributed by atoms with Crippen molar-refractivity contribution < 1.29 is 19.1 Å². The molecule has 1 rings (SSSR count). The maximum atomic E-state index is 11.1. The standard InChI is InChI=1S/C18H28O4S3/c1-4-16(19)21-10-12-24-18(25-13-11-22-17(20)5-2)14-6-8-15(23-3)9-7-14/h4-5,14-15,18H,1-2,6-13H2,3H3. The molecule has 0 amide bonds. The number of hydrogen-bond acceptors (Lipinski definition) is 7. The van der Waals surface area contributed by atoms with Gasteiger partial charge in [-0.1, -0.05) is 13.2 Å². The van der Waals surface area contributed by atoms with Crippen molar-refractivity contribution >= 4 is 47.2 Å². The van der Waals surface area contributed by atoms with E-state index in [1.54, 1.807) is 0 Å². The quantitative estimate of drug-likeness (QED) is 0.209. The van der Waals surface area contributed by atoms with E-state index in [1.165, 1.54) is 37.8 Å². The van der Waals surface area contributed by atoms with Crippen LogP contribution in [0.1, 0.15) is 25.7 Å². The predicted molar refractivity (Wildman–Crippen MR) is 110 cm³/mol. The molecular formula is C18H28O4S3. The number of ether oxygens (including phenoxy) is 2. The number of rotatable bonds is 12. The first-order valence-corrected chi connectivity index (χ1v) is 11.8. The third kappa shape index (κ3) is 9.66. The van der Waals surface area contributed by atoms with E-state index in [0.29, 0.717) is 23.7 Å². The first-order chi connectivity index (χ1) is 12.1. The van der Waals surface area contributed by atoms with E-state index in [2.05, 4.69) is 19.4 Å². The minimum atomic E-state index is -0.374. The topological polar surface area (TPSA) is 52.6 Å². The van der Waals surface area contributed by atoms with E-state index < -0.39 is 0 Å². The predicted octanol–water partition coefficient (Wildman–Crippen LogP) is 4.16. The number of esters is 2. The minimum absolute atomic E-state index is 0.374. The zero-order chi connectivity index (χ0) is 18.5. The summed E-state index contributed by atoms with van der Waals surface area (Å²) in [6.07, 6.45) is 9.56. The van der Waals surface area contributed by atoms with E-state index in [0.717, 1.165) is 16.8 Å². The van der Waals surface area contributed by atoms with Gasteiger partial charge >= 0.3 is 11.9 Å². The lowest BCUT2D eigenvalue weighted by molar-refractivity contribution is -0.138. The van der Waals surface area contributed by atoms with Crippen molar-refractivity contribution in [3.8, 4) is 0 Å². The zero-order valence-corrected chi connectivity index (χ0v) is 17.3. The maximum absolute atomic E-state index is 11.1. The van der Waals surface area contributed by atoms with Crippen LogP contribution in [0.5, 0.6) is 0 Å². The first-order valence-electron chi connectivity index (χ1n) is 8.45. The molecule has 0 aromatic carbocycles. The lowest BCUT2D eigenvalue weighted by Crippen LogP contribution is -2.24. The summed E-state index contributed by atoms with van der Waals surface area (Å²) in [7, 11) is 0. The van der Waals surface area contributed by atoms with Gasteiger partial charge in [0, 0.05) is 28.9 Å². The second-order valence-corrected chi connectivity index (χ2v) is 9.56. The Morgan fingerprint density at radius 2 is 1.48 bits per heavy atom. The summed E-state index contributed by atoms with van der Waals surface area (Å²) in [4.78, 5) is 22.2. The molecule has 7 heteroatoms. The Bertz CT molecular complexity index is 406. The molecule has 0 aromatic rings. The van der Waals surface area contributed by atoms with Crippen LogP contribution in [0, 0.1) is 5.92 Å². The molecule has 0 bridgehead atoms. The molecule has 142 valence electrons. The zero-order valence-electron chi connectivity index (χ0n) is 14.8. The molecule has 25 heavy (non-hydrogen) atoms. The van der Waals surface area contributed by atoms with Crippen LogP contribution in [-0.2, 0) is 19.1 Å². The summed E-state index contributed by atoms with van der Waals surface area (Å²) in [5.74, 6) is 1.45. The fourth-order valence-electron chi connectivity index (χ4n) is 2.65. The lowest BCUT2D eigenvalue weighted by Gasteiger charge is -2.32. The molecule has 1 aliphatic carbocycles. The van der Waals surface area contributed by atoms with Crippen LogP contribution >= 0.6 is 35.3 Å². The Balaban J connectivity index is 2.40. The van der Waals surface area contributed by atoms with Crippen molar-refractivity contribution in [2.24, 2.45) is 5.92 Å². The molecule has 0 unspecified atom stereocenters. The summed E-state index contributed by atoms with van der Waals surface area (Å²) in [5, 5.41) is 0.786. The highest BCUT2D eigenvalue weighted by atomic mass is 32.2. The molecular weight excluding hydrogens is 376 g/mol. The second kappa shape index (κ2) is 13.6. The van der Waals surface area contributed by atoms with Crippen LogP contribution < -0.4 is 0 Å². The highest BCUT2D eigenvalue weighted by Gasteiger charge is 2.28. The number of hydrogen-bond donors (Lipinski definition) is 0. The molecule has 0 aliphatic heterocycles. The van der Waals surface area contributed by atoms with Crippen LogP contribution in [0.3, 0.4) is 0 Å². The highest BCUT2D eigenvalue weighted by molar-refractivity contribution is 8.17. The number of carbonyl (C=O) groups excluding carboxylic acids is 2. The van der Waals surface area contributed by atoms with Gasteiger partial charge in [-0.25, -0.2) is 9.59 Å². The van der Waals surface area contributed by atoms with Crippen molar-refractivity contribution in [1.82, 2.24) is 0 Å². The van der Waals surface area contributed by atoms with Gasteiger partial charge in [0.15, 0.2) is 0 Å². The Hall–Kier alpha value is -0.530. The van der Waals surface area contributed by atoms with Crippen molar-refractivity contribution in [2.45, 2.75) is 35.5 Å². The third-order valence-corrected chi connectivity index (χ3v) is 8.18. The third-order valence-electron chi connectivity index (χ3n) is 3.99. The molecule has 0 heterocycles. The fraction of sp³-hybridized carbons (Fsp3) is 0.667. The second-order valence-electron chi connectivity index (χ2n) is 5.63. The Kier molecular flexibility index (Phi) is 12.3. The van der Waals surface area contributed by atoms with Crippen LogP contribution in [0.2, 0.25) is 0 Å². The van der Waals surface area contributed by atoms with Gasteiger partial charge in [-0.3, -0.25) is 0 Å². The molecule has 0 radical (unpaired) electrons. The number of thioether (sulfide) groups is 3. The molecule has 4 nitrogen and oxygen atoms in total. The van der Waals surface area contributed by atoms with E-state index in [9.17, 15) is 9.59 Å². The van der Waals surface area contributed by atoms with Gasteiger partial charge in [-0.05, 0) is 37.9 Å². The van der Waals surface area contributed by atoms with Crippen LogP contribution in [-0.4, -0.2) is 52.7 Å². The Morgan fingerprint density at radius 3 is 1.88 bits per heavy atom. The summed E-state index contributed by atoms with van der Waals surface area (Å²) in [6.45, 7) is 7.60. The molecule has 0 atom stereocenters. The van der Waals surface area contributed by atoms with E-state index in [4.69, 9.17) is 9.47 Å². The van der Waals surface area contributed by atoms with Crippen molar-refractivity contribution in [3.63, 3.8) is 0 Å². The van der Waals surface area contributed by atoms with Gasteiger partial charge in [0.1, 0.15) is 13.2 Å². The van der Waals surface area contributed by atoms with Crippen molar-refractivity contribution in [2.75, 3.05) is 31.0 Å². The maximum Gasteiger partial charge on any atom is 0.330 e. The largest absolute Gasteiger partial charge is 0.462 e. The van der Waals surface area contributed by atoms with Crippen LogP contribution in [0.25, 0.3) is 0 Å². The average Bonchev–Trinajstić information content (AvgIpc) is 2.66. The van der Waals surface area contributed by atoms with Gasteiger partial charge in [0.2, 0.25) is 0 Å². The van der Waals surface area contributed by atoms with E-state index in [1.807, 2.05) is 35.3 Å². The van der Waals surface area contributed by atoms with Crippen molar-refractivity contribution in [3.05, 3.63) is 25.3 Å². The summed E-state index contributed by atoms with van der Waals surface area (Å²) >= 11 is 5.64. The molecule has 0 aromatic heterocycles. The SMILES string of the molecule is C=CC(=O)OCCSC(SCCOC(=O)C=C)C1CCC(SC)CC1. The Labute approximate surface area is 163 Å². The van der Waals surface area contributed by atoms with Crippen molar-refractivity contribution in [1.29, 1.82) is 0 Å². The molecule has 0 N–H and O–H groups in total. The lowest BCUT2D eigenvalue weighted by atomic mass is 9.90. The fourth-order valence-corrected chi connectivity index (χ4v) is 6.27. The van der Waals surface area contributed by atoms with E-state index >= 15 is 0 Å². The average molecular weight is 405 g/mol. The van der Waals surface area contributed by atoms with Gasteiger partial charge in [0.05, 0.1) is 4.58 Å². The van der Waals surface area contributed by atoms with Gasteiger partial charge in [0.25, 0.3) is 0 Å². The Morgan fingerprint density at radius 1 is 1.00 bits per heavy atom. The normalized spacial score (nSPS) is 20.1. The monoisotopic (exact) mass is 404 g/mol. The molecule has 1 aliphatic rings. The summed E-state index contributed by atoms with van der Waals surface area (Å²) in [5.41, 5.74) is 0. The van der Waals surface area contributed by atoms with Crippen LogP contribution in [0.4, 0.5) is 0 Å². The smallest absolute Gasteiger partial charge is 0.330 e. The van der Waals surface area contributed by atoms with Gasteiger partial charge < -0.3 is 9.47 Å². The summed E-state index contributed by atoms with van der Waals surface area (Å²) < 4.78 is 10.6. The summed E-state index contributed by atoms with van der Waals surface area (Å²) in [6, 6.07) is 0. The van der Waals surface area contributed by atoms with Crippen LogP contribution in [0.15, 0.2) is 25.3 Å².